The number of hydrazine groups is 1. The highest BCUT2D eigenvalue weighted by molar-refractivity contribution is 6.30. The molecule has 3 aromatic carbocycles. The molecule has 0 radical (unpaired) electrons. The molecule has 8 heteroatoms. The molecule has 162 valence electrons. The van der Waals surface area contributed by atoms with E-state index in [0.717, 1.165) is 16.9 Å². The summed E-state index contributed by atoms with van der Waals surface area (Å²) in [5.41, 5.74) is 4.94. The van der Waals surface area contributed by atoms with Crippen molar-refractivity contribution in [1.82, 2.24) is 10.7 Å². The summed E-state index contributed by atoms with van der Waals surface area (Å²) in [5.74, 6) is 0.0408. The molecule has 0 aromatic heterocycles. The number of ether oxygens (including phenoxy) is 1. The zero-order valence-corrected chi connectivity index (χ0v) is 18.6. The van der Waals surface area contributed by atoms with Crippen LogP contribution in [0.5, 0.6) is 5.75 Å². The van der Waals surface area contributed by atoms with Gasteiger partial charge in [-0.1, -0.05) is 35.3 Å². The standard InChI is InChI=1S/C24H19Cl2N3O3/c1-32-20-12-2-15(3-13-20)14-29-22(16-4-8-18(25)9-5-16)21(24(31)28-29)27-23(30)17-6-10-19(26)11-7-17/h2-14,21-22H,1H3,(H-,27,28,30,31)/p+1/b29-14-/t21-,22-/m0/s1. The van der Waals surface area contributed by atoms with Gasteiger partial charge in [0.2, 0.25) is 12.3 Å². The average Bonchev–Trinajstić information content (AvgIpc) is 3.09. The van der Waals surface area contributed by atoms with Crippen LogP contribution >= 0.6 is 23.2 Å². The minimum Gasteiger partial charge on any atom is -0.497 e. The summed E-state index contributed by atoms with van der Waals surface area (Å²) >= 11 is 12.0. The number of hydrogen-bond acceptors (Lipinski definition) is 3. The Hall–Kier alpha value is -3.35. The van der Waals surface area contributed by atoms with Gasteiger partial charge in [-0.2, -0.15) is 0 Å². The van der Waals surface area contributed by atoms with Crippen molar-refractivity contribution in [2.24, 2.45) is 0 Å². The van der Waals surface area contributed by atoms with Gasteiger partial charge in [0.05, 0.1) is 7.11 Å². The summed E-state index contributed by atoms with van der Waals surface area (Å²) < 4.78 is 6.90. The molecule has 1 saturated heterocycles. The Bertz CT molecular complexity index is 1160. The van der Waals surface area contributed by atoms with Crippen molar-refractivity contribution in [3.63, 3.8) is 0 Å². The van der Waals surface area contributed by atoms with Crippen LogP contribution in [0.15, 0.2) is 72.8 Å². The molecule has 4 rings (SSSR count). The Morgan fingerprint density at radius 1 is 0.969 bits per heavy atom. The van der Waals surface area contributed by atoms with Crippen molar-refractivity contribution in [1.29, 1.82) is 0 Å². The third-order valence-electron chi connectivity index (χ3n) is 5.15. The van der Waals surface area contributed by atoms with E-state index in [2.05, 4.69) is 10.7 Å². The lowest BCUT2D eigenvalue weighted by Gasteiger charge is -2.15. The van der Waals surface area contributed by atoms with Gasteiger partial charge >= 0.3 is 5.91 Å². The van der Waals surface area contributed by atoms with Crippen molar-refractivity contribution in [3.8, 4) is 5.75 Å². The van der Waals surface area contributed by atoms with Crippen molar-refractivity contribution < 1.29 is 19.0 Å². The molecular weight excluding hydrogens is 449 g/mol. The maximum absolute atomic E-state index is 12.9. The number of rotatable bonds is 5. The van der Waals surface area contributed by atoms with Gasteiger partial charge in [-0.05, 0) is 60.7 Å². The number of methoxy groups -OCH3 is 1. The van der Waals surface area contributed by atoms with Gasteiger partial charge in [-0.15, -0.1) is 10.1 Å². The number of carbonyl (C=O) groups is 2. The highest BCUT2D eigenvalue weighted by Crippen LogP contribution is 2.27. The van der Waals surface area contributed by atoms with Gasteiger partial charge in [-0.25, -0.2) is 0 Å². The summed E-state index contributed by atoms with van der Waals surface area (Å²) in [7, 11) is 1.60. The minimum absolute atomic E-state index is 0.322. The number of amides is 2. The minimum atomic E-state index is -0.825. The molecule has 1 heterocycles. The molecule has 0 bridgehead atoms. The molecule has 1 fully saturated rings. The van der Waals surface area contributed by atoms with Crippen molar-refractivity contribution in [2.45, 2.75) is 12.1 Å². The zero-order chi connectivity index (χ0) is 22.7. The second-order valence-corrected chi connectivity index (χ2v) is 8.11. The van der Waals surface area contributed by atoms with Gasteiger partial charge in [0.1, 0.15) is 5.75 Å². The molecule has 3 aromatic rings. The highest BCUT2D eigenvalue weighted by atomic mass is 35.5. The first-order chi connectivity index (χ1) is 15.4. The molecule has 0 aliphatic carbocycles. The van der Waals surface area contributed by atoms with E-state index in [0.29, 0.717) is 15.6 Å². The van der Waals surface area contributed by atoms with E-state index in [4.69, 9.17) is 27.9 Å². The van der Waals surface area contributed by atoms with Crippen LogP contribution in [0.2, 0.25) is 10.0 Å². The van der Waals surface area contributed by atoms with E-state index < -0.39 is 12.1 Å². The lowest BCUT2D eigenvalue weighted by Crippen LogP contribution is -2.42. The molecule has 0 unspecified atom stereocenters. The Morgan fingerprint density at radius 2 is 1.56 bits per heavy atom. The van der Waals surface area contributed by atoms with Crippen LogP contribution in [0.25, 0.3) is 0 Å². The lowest BCUT2D eigenvalue weighted by atomic mass is 10.00. The predicted molar refractivity (Wildman–Crippen MR) is 123 cm³/mol. The third-order valence-corrected chi connectivity index (χ3v) is 5.65. The normalized spacial score (nSPS) is 19.0. The lowest BCUT2D eigenvalue weighted by molar-refractivity contribution is -0.596. The molecule has 0 saturated carbocycles. The fraction of sp³-hybridized carbons (Fsp3) is 0.125. The SMILES string of the molecule is COc1ccc(/C=[N+]2\NC(=O)[C@@H](NC(=O)c3ccc(Cl)cc3)[C@@H]2c2ccc(Cl)cc2)cc1. The van der Waals surface area contributed by atoms with Crippen LogP contribution in [0, 0.1) is 0 Å². The number of halogens is 2. The number of hydrogen-bond donors (Lipinski definition) is 2. The summed E-state index contributed by atoms with van der Waals surface area (Å²) in [4.78, 5) is 25.7. The molecule has 1 aliphatic heterocycles. The summed E-state index contributed by atoms with van der Waals surface area (Å²) in [6.07, 6.45) is 1.81. The van der Waals surface area contributed by atoms with Crippen LogP contribution < -0.4 is 15.5 Å². The summed E-state index contributed by atoms with van der Waals surface area (Å²) in [6.45, 7) is 0. The van der Waals surface area contributed by atoms with Gasteiger partial charge < -0.3 is 10.1 Å². The number of nitrogens with one attached hydrogen (secondary N) is 2. The van der Waals surface area contributed by atoms with Crippen LogP contribution in [0.1, 0.15) is 27.5 Å². The smallest absolute Gasteiger partial charge is 0.304 e. The van der Waals surface area contributed by atoms with E-state index in [1.165, 1.54) is 0 Å². The van der Waals surface area contributed by atoms with Crippen molar-refractivity contribution in [2.75, 3.05) is 7.11 Å². The molecule has 32 heavy (non-hydrogen) atoms. The molecule has 1 aliphatic rings. The number of nitrogens with zero attached hydrogens (tertiary/aromatic N) is 1. The van der Waals surface area contributed by atoms with E-state index in [9.17, 15) is 9.59 Å². The number of hydrazone groups is 1. The van der Waals surface area contributed by atoms with E-state index in [1.54, 1.807) is 48.2 Å². The van der Waals surface area contributed by atoms with Crippen LogP contribution in [-0.4, -0.2) is 35.9 Å². The molecular formula is C24H20Cl2N3O3+. The fourth-order valence-corrected chi connectivity index (χ4v) is 3.77. The van der Waals surface area contributed by atoms with E-state index >= 15 is 0 Å². The summed E-state index contributed by atoms with van der Waals surface area (Å²) in [6, 6.07) is 19.8. The third kappa shape index (κ3) is 4.77. The molecule has 2 N–H and O–H groups in total. The fourth-order valence-electron chi connectivity index (χ4n) is 3.52. The highest BCUT2D eigenvalue weighted by Gasteiger charge is 2.47. The average molecular weight is 469 g/mol. The maximum atomic E-state index is 12.9. The first-order valence-corrected chi connectivity index (χ1v) is 10.6. The van der Waals surface area contributed by atoms with Crippen molar-refractivity contribution >= 4 is 41.2 Å². The number of carbonyl (C=O) groups excluding carboxylic acids is 2. The largest absolute Gasteiger partial charge is 0.497 e. The number of benzene rings is 3. The molecule has 0 spiro atoms. The van der Waals surface area contributed by atoms with Gasteiger partial charge in [0, 0.05) is 26.7 Å². The first-order valence-electron chi connectivity index (χ1n) is 9.84. The van der Waals surface area contributed by atoms with Gasteiger partial charge in [0.15, 0.2) is 6.04 Å². The van der Waals surface area contributed by atoms with Gasteiger partial charge in [-0.3, -0.25) is 9.59 Å². The van der Waals surface area contributed by atoms with Crippen molar-refractivity contribution in [3.05, 3.63) is 99.5 Å². The molecule has 2 amide bonds. The van der Waals surface area contributed by atoms with Gasteiger partial charge in [0.25, 0.3) is 5.91 Å². The topological polar surface area (TPSA) is 70.4 Å². The molecule has 6 nitrogen and oxygen atoms in total. The quantitative estimate of drug-likeness (QED) is 0.555. The van der Waals surface area contributed by atoms with Crippen LogP contribution in [0.3, 0.4) is 0 Å². The van der Waals surface area contributed by atoms with Crippen LogP contribution in [-0.2, 0) is 4.79 Å². The maximum Gasteiger partial charge on any atom is 0.304 e. The Morgan fingerprint density at radius 3 is 2.16 bits per heavy atom. The Kier molecular flexibility index (Phi) is 6.44. The van der Waals surface area contributed by atoms with E-state index in [1.807, 2.05) is 42.6 Å². The Balaban J connectivity index is 1.68. The molecule has 2 atom stereocenters. The van der Waals surface area contributed by atoms with Crippen LogP contribution in [0.4, 0.5) is 0 Å². The second-order valence-electron chi connectivity index (χ2n) is 7.24. The van der Waals surface area contributed by atoms with E-state index in [-0.39, 0.29) is 11.8 Å². The predicted octanol–water partition coefficient (Wildman–Crippen LogP) is 4.02. The second kappa shape index (κ2) is 9.42. The monoisotopic (exact) mass is 468 g/mol. The first kappa shape index (κ1) is 21.9. The summed E-state index contributed by atoms with van der Waals surface area (Å²) in [5, 5.41) is 3.96. The Labute approximate surface area is 195 Å². The zero-order valence-electron chi connectivity index (χ0n) is 17.1.